The zero-order chi connectivity index (χ0) is 17.4. The van der Waals surface area contributed by atoms with Gasteiger partial charge in [0.15, 0.2) is 6.10 Å². The van der Waals surface area contributed by atoms with Gasteiger partial charge >= 0.3 is 0 Å². The summed E-state index contributed by atoms with van der Waals surface area (Å²) in [7, 11) is 0. The highest BCUT2D eigenvalue weighted by atomic mass is 35.5. The van der Waals surface area contributed by atoms with E-state index in [9.17, 15) is 4.79 Å². The zero-order valence-corrected chi connectivity index (χ0v) is 14.3. The topological polar surface area (TPSA) is 50.7 Å². The number of allylic oxidation sites excluding steroid dienone is 1. The van der Waals surface area contributed by atoms with Crippen LogP contribution in [0.2, 0.25) is 5.02 Å². The van der Waals surface area contributed by atoms with Crippen molar-refractivity contribution >= 4 is 29.8 Å². The van der Waals surface area contributed by atoms with Crippen LogP contribution in [0.4, 0.5) is 0 Å². The molecule has 0 aromatic heterocycles. The predicted molar refractivity (Wildman–Crippen MR) is 98.4 cm³/mol. The Labute approximate surface area is 146 Å². The van der Waals surface area contributed by atoms with Crippen LogP contribution in [0.1, 0.15) is 18.1 Å². The van der Waals surface area contributed by atoms with Crippen molar-refractivity contribution in [2.45, 2.75) is 20.0 Å². The molecule has 4 nitrogen and oxygen atoms in total. The first-order chi connectivity index (χ1) is 11.6. The number of hydrogen-bond acceptors (Lipinski definition) is 3. The van der Waals surface area contributed by atoms with E-state index in [1.165, 1.54) is 6.21 Å². The van der Waals surface area contributed by atoms with Crippen LogP contribution in [0.15, 0.2) is 59.7 Å². The molecule has 5 heteroatoms. The average molecular weight is 343 g/mol. The van der Waals surface area contributed by atoms with Crippen LogP contribution in [0.3, 0.4) is 0 Å². The van der Waals surface area contributed by atoms with Gasteiger partial charge in [-0.05, 0) is 49.2 Å². The molecule has 0 aliphatic heterocycles. The molecule has 0 spiro atoms. The summed E-state index contributed by atoms with van der Waals surface area (Å²) in [5.41, 5.74) is 4.40. The number of halogens is 1. The van der Waals surface area contributed by atoms with E-state index in [0.29, 0.717) is 10.8 Å². The van der Waals surface area contributed by atoms with Gasteiger partial charge in [-0.3, -0.25) is 4.79 Å². The molecule has 0 saturated carbocycles. The van der Waals surface area contributed by atoms with Gasteiger partial charge in [0.25, 0.3) is 5.91 Å². The number of benzene rings is 2. The SMILES string of the molecule is Cc1cc(O[C@H](C)C(=O)NN=C/C=C/c2ccccc2)ccc1Cl. The van der Waals surface area contributed by atoms with Crippen molar-refractivity contribution < 1.29 is 9.53 Å². The third-order valence-corrected chi connectivity index (χ3v) is 3.66. The summed E-state index contributed by atoms with van der Waals surface area (Å²) in [6, 6.07) is 15.1. The van der Waals surface area contributed by atoms with Gasteiger partial charge in [0.05, 0.1) is 0 Å². The minimum Gasteiger partial charge on any atom is -0.481 e. The number of aryl methyl sites for hydroxylation is 1. The van der Waals surface area contributed by atoms with E-state index in [0.717, 1.165) is 11.1 Å². The maximum absolute atomic E-state index is 11.9. The largest absolute Gasteiger partial charge is 0.481 e. The summed E-state index contributed by atoms with van der Waals surface area (Å²) in [6.45, 7) is 3.54. The smallest absolute Gasteiger partial charge is 0.280 e. The number of rotatable bonds is 6. The van der Waals surface area contributed by atoms with Crippen LogP contribution >= 0.6 is 11.6 Å². The van der Waals surface area contributed by atoms with E-state index in [1.54, 1.807) is 31.2 Å². The first-order valence-corrected chi connectivity index (χ1v) is 7.91. The van der Waals surface area contributed by atoms with E-state index in [4.69, 9.17) is 16.3 Å². The van der Waals surface area contributed by atoms with Crippen molar-refractivity contribution in [2.24, 2.45) is 5.10 Å². The number of hydrazone groups is 1. The van der Waals surface area contributed by atoms with E-state index < -0.39 is 6.10 Å². The van der Waals surface area contributed by atoms with Gasteiger partial charge in [-0.2, -0.15) is 5.10 Å². The third-order valence-electron chi connectivity index (χ3n) is 3.24. The van der Waals surface area contributed by atoms with Crippen molar-refractivity contribution in [2.75, 3.05) is 0 Å². The minimum atomic E-state index is -0.666. The lowest BCUT2D eigenvalue weighted by Gasteiger charge is -2.13. The Morgan fingerprint density at radius 1 is 1.25 bits per heavy atom. The van der Waals surface area contributed by atoms with Crippen LogP contribution < -0.4 is 10.2 Å². The van der Waals surface area contributed by atoms with Crippen LogP contribution in [0.25, 0.3) is 6.08 Å². The molecular formula is C19H19ClN2O2. The van der Waals surface area contributed by atoms with Crippen LogP contribution in [0, 0.1) is 6.92 Å². The lowest BCUT2D eigenvalue weighted by molar-refractivity contribution is -0.127. The molecule has 2 aromatic carbocycles. The van der Waals surface area contributed by atoms with Gasteiger partial charge in [-0.15, -0.1) is 0 Å². The molecule has 0 aliphatic rings. The highest BCUT2D eigenvalue weighted by Crippen LogP contribution is 2.21. The standard InChI is InChI=1S/C19H19ClN2O2/c1-14-13-17(10-11-18(14)20)24-15(2)19(23)22-21-12-6-9-16-7-4-3-5-8-16/h3-13,15H,1-2H3,(H,22,23)/b9-6+,21-12?/t15-/m1/s1. The number of amides is 1. The number of ether oxygens (including phenoxy) is 1. The molecule has 1 amide bonds. The van der Waals surface area contributed by atoms with Gasteiger partial charge in [0.2, 0.25) is 0 Å². The Kier molecular flexibility index (Phi) is 6.58. The Balaban J connectivity index is 1.82. The number of nitrogens with one attached hydrogen (secondary N) is 1. The number of nitrogens with zero attached hydrogens (tertiary/aromatic N) is 1. The van der Waals surface area contributed by atoms with Gasteiger partial charge in [-0.1, -0.05) is 48.0 Å². The molecule has 2 rings (SSSR count). The van der Waals surface area contributed by atoms with Crippen molar-refractivity contribution in [1.82, 2.24) is 5.43 Å². The lowest BCUT2D eigenvalue weighted by atomic mass is 10.2. The van der Waals surface area contributed by atoms with Crippen LogP contribution in [-0.2, 0) is 4.79 Å². The third kappa shape index (κ3) is 5.56. The molecule has 0 aliphatic carbocycles. The van der Waals surface area contributed by atoms with Crippen LogP contribution in [-0.4, -0.2) is 18.2 Å². The summed E-state index contributed by atoms with van der Waals surface area (Å²) < 4.78 is 5.58. The Bertz CT molecular complexity index is 742. The monoisotopic (exact) mass is 342 g/mol. The maximum atomic E-state index is 11.9. The molecule has 0 fully saturated rings. The van der Waals surface area contributed by atoms with E-state index in [2.05, 4.69) is 10.5 Å². The molecule has 24 heavy (non-hydrogen) atoms. The normalized spacial score (nSPS) is 12.5. The molecule has 124 valence electrons. The van der Waals surface area contributed by atoms with Gasteiger partial charge in [0.1, 0.15) is 5.75 Å². The second kappa shape index (κ2) is 8.89. The summed E-state index contributed by atoms with van der Waals surface area (Å²) in [4.78, 5) is 11.9. The van der Waals surface area contributed by atoms with Crippen LogP contribution in [0.5, 0.6) is 5.75 Å². The van der Waals surface area contributed by atoms with E-state index >= 15 is 0 Å². The molecule has 2 aromatic rings. The number of carbonyl (C=O) groups excluding carboxylic acids is 1. The molecule has 0 heterocycles. The molecule has 1 atom stereocenters. The number of carbonyl (C=O) groups is 1. The van der Waals surface area contributed by atoms with E-state index in [1.807, 2.05) is 43.3 Å². The molecule has 0 radical (unpaired) electrons. The zero-order valence-electron chi connectivity index (χ0n) is 13.6. The van der Waals surface area contributed by atoms with E-state index in [-0.39, 0.29) is 5.91 Å². The molecule has 1 N–H and O–H groups in total. The fraction of sp³-hybridized carbons (Fsp3) is 0.158. The lowest BCUT2D eigenvalue weighted by Crippen LogP contribution is -2.33. The summed E-state index contributed by atoms with van der Waals surface area (Å²) in [5.74, 6) is 0.263. The highest BCUT2D eigenvalue weighted by molar-refractivity contribution is 6.31. The molecule has 0 saturated heterocycles. The first-order valence-electron chi connectivity index (χ1n) is 7.53. The predicted octanol–water partition coefficient (Wildman–Crippen LogP) is 4.23. The van der Waals surface area contributed by atoms with Crippen molar-refractivity contribution in [3.8, 4) is 5.75 Å². The average Bonchev–Trinajstić information content (AvgIpc) is 2.58. The highest BCUT2D eigenvalue weighted by Gasteiger charge is 2.14. The fourth-order valence-corrected chi connectivity index (χ4v) is 2.02. The Morgan fingerprint density at radius 3 is 2.71 bits per heavy atom. The van der Waals surface area contributed by atoms with Crippen molar-refractivity contribution in [1.29, 1.82) is 0 Å². The molecular weight excluding hydrogens is 324 g/mol. The van der Waals surface area contributed by atoms with Gasteiger partial charge < -0.3 is 4.74 Å². The minimum absolute atomic E-state index is 0.327. The van der Waals surface area contributed by atoms with Crippen molar-refractivity contribution in [3.05, 3.63) is 70.8 Å². The summed E-state index contributed by atoms with van der Waals surface area (Å²) in [6.07, 6.45) is 4.50. The van der Waals surface area contributed by atoms with Gasteiger partial charge in [0, 0.05) is 11.2 Å². The molecule has 0 bridgehead atoms. The second-order valence-electron chi connectivity index (χ2n) is 5.20. The Morgan fingerprint density at radius 2 is 2.00 bits per heavy atom. The summed E-state index contributed by atoms with van der Waals surface area (Å²) >= 11 is 5.96. The number of hydrogen-bond donors (Lipinski definition) is 1. The van der Waals surface area contributed by atoms with Gasteiger partial charge in [-0.25, -0.2) is 5.43 Å². The van der Waals surface area contributed by atoms with Crippen molar-refractivity contribution in [3.63, 3.8) is 0 Å². The first kappa shape index (κ1) is 17.8. The quantitative estimate of drug-likeness (QED) is 0.631. The Hall–Kier alpha value is -2.59. The maximum Gasteiger partial charge on any atom is 0.280 e. The summed E-state index contributed by atoms with van der Waals surface area (Å²) in [5, 5.41) is 4.53. The second-order valence-corrected chi connectivity index (χ2v) is 5.60. The fourth-order valence-electron chi connectivity index (χ4n) is 1.90. The molecule has 0 unspecified atom stereocenters.